The first-order chi connectivity index (χ1) is 16.5. The van der Waals surface area contributed by atoms with Crippen LogP contribution in [0.1, 0.15) is 54.3 Å². The topological polar surface area (TPSA) is 68.3 Å². The molecule has 0 aliphatic heterocycles. The number of ketones is 4. The molecule has 178 valence electrons. The number of rotatable bonds is 8. The van der Waals surface area contributed by atoms with Crippen molar-refractivity contribution in [2.75, 3.05) is 0 Å². The molecule has 0 aromatic heterocycles. The van der Waals surface area contributed by atoms with Gasteiger partial charge < -0.3 is 0 Å². The molecule has 0 unspecified atom stereocenters. The molecule has 0 saturated carbocycles. The fraction of sp³-hybridized carbons (Fsp3) is 0.0667. The molecule has 0 saturated heterocycles. The van der Waals surface area contributed by atoms with E-state index >= 15 is 0 Å². The van der Waals surface area contributed by atoms with Crippen molar-refractivity contribution in [3.8, 4) is 0 Å². The Morgan fingerprint density at radius 3 is 0.686 bits per heavy atom. The summed E-state index contributed by atoms with van der Waals surface area (Å²) < 4.78 is 0. The molecule has 0 atom stereocenters. The molecular weight excluding hydrogens is 531 g/mol. The summed E-state index contributed by atoms with van der Waals surface area (Å²) in [6, 6.07) is 35.5. The third-order valence-electron chi connectivity index (χ3n) is 5.03. The Morgan fingerprint density at radius 1 is 0.343 bits per heavy atom. The zero-order chi connectivity index (χ0) is 24.2. The van der Waals surface area contributed by atoms with Gasteiger partial charge in [-0.05, 0) is 0 Å². The standard InChI is InChI=1S/2C15H12O2.Pd/c2*16-14(12-7-3-1-4-8-12)11-15(17)13-9-5-2-6-10-13;/h2*1-10H,11H2;. The van der Waals surface area contributed by atoms with E-state index in [1.807, 2.05) is 24.3 Å². The summed E-state index contributed by atoms with van der Waals surface area (Å²) in [7, 11) is 0. The smallest absolute Gasteiger partial charge is 0.170 e. The van der Waals surface area contributed by atoms with Crippen LogP contribution >= 0.6 is 0 Å². The molecule has 35 heavy (non-hydrogen) atoms. The summed E-state index contributed by atoms with van der Waals surface area (Å²) in [5.74, 6) is -0.558. The van der Waals surface area contributed by atoms with Crippen LogP contribution in [0, 0.1) is 0 Å². The average Bonchev–Trinajstić information content (AvgIpc) is 2.91. The molecule has 4 aromatic rings. The van der Waals surface area contributed by atoms with Crippen LogP contribution in [-0.2, 0) is 20.4 Å². The summed E-state index contributed by atoms with van der Waals surface area (Å²) in [4.78, 5) is 47.2. The molecular formula is C30H24O4Pd. The van der Waals surface area contributed by atoms with Gasteiger partial charge in [-0.1, -0.05) is 121 Å². The van der Waals surface area contributed by atoms with Crippen LogP contribution in [0.5, 0.6) is 0 Å². The summed E-state index contributed by atoms with van der Waals surface area (Å²) in [6.45, 7) is 0. The van der Waals surface area contributed by atoms with Crippen LogP contribution in [-0.4, -0.2) is 23.1 Å². The van der Waals surface area contributed by atoms with Gasteiger partial charge in [-0.3, -0.25) is 19.2 Å². The van der Waals surface area contributed by atoms with Gasteiger partial charge in [0.2, 0.25) is 0 Å². The molecule has 0 bridgehead atoms. The van der Waals surface area contributed by atoms with Crippen molar-refractivity contribution < 1.29 is 39.6 Å². The minimum atomic E-state index is -0.139. The number of benzene rings is 4. The molecule has 4 aromatic carbocycles. The molecule has 5 heteroatoms. The number of hydrogen-bond donors (Lipinski definition) is 0. The molecule has 4 nitrogen and oxygen atoms in total. The van der Waals surface area contributed by atoms with Crippen molar-refractivity contribution in [1.29, 1.82) is 0 Å². The van der Waals surface area contributed by atoms with Gasteiger partial charge >= 0.3 is 0 Å². The first-order valence-electron chi connectivity index (χ1n) is 10.9. The maximum absolute atomic E-state index is 11.8. The van der Waals surface area contributed by atoms with Gasteiger partial charge in [-0.15, -0.1) is 0 Å². The van der Waals surface area contributed by atoms with Gasteiger partial charge in [-0.25, -0.2) is 0 Å². The molecule has 4 rings (SSSR count). The van der Waals surface area contributed by atoms with E-state index in [1.54, 1.807) is 97.1 Å². The van der Waals surface area contributed by atoms with Crippen LogP contribution in [0.4, 0.5) is 0 Å². The second kappa shape index (κ2) is 14.5. The quantitative estimate of drug-likeness (QED) is 0.146. The van der Waals surface area contributed by atoms with Crippen LogP contribution < -0.4 is 0 Å². The largest absolute Gasteiger partial charge is 0.294 e. The first-order valence-corrected chi connectivity index (χ1v) is 10.9. The van der Waals surface area contributed by atoms with Crippen LogP contribution in [0.15, 0.2) is 121 Å². The predicted octanol–water partition coefficient (Wildman–Crippen LogP) is 6.28. The summed E-state index contributed by atoms with van der Waals surface area (Å²) in [5.41, 5.74) is 2.32. The maximum atomic E-state index is 11.8. The molecule has 0 aliphatic carbocycles. The maximum Gasteiger partial charge on any atom is 0.170 e. The van der Waals surface area contributed by atoms with Gasteiger partial charge in [0, 0.05) is 42.7 Å². The van der Waals surface area contributed by atoms with Crippen molar-refractivity contribution in [2.45, 2.75) is 12.8 Å². The van der Waals surface area contributed by atoms with Crippen molar-refractivity contribution in [1.82, 2.24) is 0 Å². The third kappa shape index (κ3) is 8.83. The Morgan fingerprint density at radius 2 is 0.514 bits per heavy atom. The molecule has 0 aliphatic rings. The normalized spacial score (nSPS) is 9.60. The van der Waals surface area contributed by atoms with Gasteiger partial charge in [0.05, 0.1) is 12.8 Å². The first kappa shape index (κ1) is 27.5. The van der Waals surface area contributed by atoms with E-state index in [-0.39, 0.29) is 56.4 Å². The third-order valence-corrected chi connectivity index (χ3v) is 5.03. The zero-order valence-corrected chi connectivity index (χ0v) is 20.5. The van der Waals surface area contributed by atoms with Crippen molar-refractivity contribution >= 4 is 23.1 Å². The van der Waals surface area contributed by atoms with Gasteiger partial charge in [0.1, 0.15) is 0 Å². The Labute approximate surface area is 218 Å². The summed E-state index contributed by atoms with van der Waals surface area (Å²) in [5, 5.41) is 0. The van der Waals surface area contributed by atoms with E-state index in [9.17, 15) is 19.2 Å². The Balaban J connectivity index is 0.000000240. The number of hydrogen-bond acceptors (Lipinski definition) is 4. The molecule has 0 fully saturated rings. The van der Waals surface area contributed by atoms with Crippen LogP contribution in [0.2, 0.25) is 0 Å². The van der Waals surface area contributed by atoms with Crippen molar-refractivity contribution in [3.05, 3.63) is 144 Å². The van der Waals surface area contributed by atoms with Gasteiger partial charge in [0.25, 0.3) is 0 Å². The Kier molecular flexibility index (Phi) is 11.4. The predicted molar refractivity (Wildman–Crippen MR) is 132 cm³/mol. The molecule has 0 N–H and O–H groups in total. The SMILES string of the molecule is O=C(CC(=O)c1ccccc1)c1ccccc1.O=C(CC(=O)c1ccccc1)c1ccccc1.[Pd]. The minimum absolute atomic E-state index is 0. The monoisotopic (exact) mass is 554 g/mol. The number of Topliss-reactive ketones (excluding diaryl/α,β-unsaturated/α-hetero) is 4. The van der Waals surface area contributed by atoms with E-state index in [4.69, 9.17) is 0 Å². The molecule has 0 spiro atoms. The number of carbonyl (C=O) groups is 4. The molecule has 0 amide bonds. The fourth-order valence-electron chi connectivity index (χ4n) is 3.20. The average molecular weight is 555 g/mol. The Hall–Kier alpha value is -3.78. The zero-order valence-electron chi connectivity index (χ0n) is 18.9. The number of carbonyl (C=O) groups excluding carboxylic acids is 4. The van der Waals surface area contributed by atoms with Crippen LogP contribution in [0.3, 0.4) is 0 Å². The Bertz CT molecular complexity index is 1040. The van der Waals surface area contributed by atoms with E-state index in [0.717, 1.165) is 0 Å². The summed E-state index contributed by atoms with van der Waals surface area (Å²) in [6.07, 6.45) is -0.151. The second-order valence-corrected chi connectivity index (χ2v) is 7.51. The van der Waals surface area contributed by atoms with Crippen molar-refractivity contribution in [2.24, 2.45) is 0 Å². The van der Waals surface area contributed by atoms with Gasteiger partial charge in [0.15, 0.2) is 23.1 Å². The summed E-state index contributed by atoms with van der Waals surface area (Å²) >= 11 is 0. The van der Waals surface area contributed by atoms with E-state index in [2.05, 4.69) is 0 Å². The van der Waals surface area contributed by atoms with Gasteiger partial charge in [-0.2, -0.15) is 0 Å². The van der Waals surface area contributed by atoms with Crippen molar-refractivity contribution in [3.63, 3.8) is 0 Å². The fourth-order valence-corrected chi connectivity index (χ4v) is 3.20. The van der Waals surface area contributed by atoms with E-state index in [0.29, 0.717) is 22.3 Å². The van der Waals surface area contributed by atoms with Crippen LogP contribution in [0.25, 0.3) is 0 Å². The van der Waals surface area contributed by atoms with E-state index in [1.165, 1.54) is 0 Å². The molecule has 0 radical (unpaired) electrons. The molecule has 0 heterocycles. The van der Waals surface area contributed by atoms with E-state index < -0.39 is 0 Å². The second-order valence-electron chi connectivity index (χ2n) is 7.51. The minimum Gasteiger partial charge on any atom is -0.294 e.